The molecule has 1 atom stereocenters. The smallest absolute Gasteiger partial charge is 0.192 e. The Morgan fingerprint density at radius 3 is 2.00 bits per heavy atom. The topological polar surface area (TPSA) is 35.2 Å². The molecular formula is C10H25NOSi. The summed E-state index contributed by atoms with van der Waals surface area (Å²) >= 11 is 0. The zero-order chi connectivity index (χ0) is 10.7. The summed E-state index contributed by atoms with van der Waals surface area (Å²) < 4.78 is 6.11. The molecule has 1 unspecified atom stereocenters. The van der Waals surface area contributed by atoms with Gasteiger partial charge in [-0.25, -0.2) is 0 Å². The summed E-state index contributed by atoms with van der Waals surface area (Å²) in [6.45, 7) is 14.1. The minimum Gasteiger partial charge on any atom is -0.413 e. The van der Waals surface area contributed by atoms with Gasteiger partial charge in [0.05, 0.1) is 6.10 Å². The average molecular weight is 203 g/mol. The van der Waals surface area contributed by atoms with E-state index in [1.807, 2.05) is 0 Å². The number of hydrogen-bond acceptors (Lipinski definition) is 2. The molecule has 80 valence electrons. The third kappa shape index (κ3) is 3.79. The molecule has 2 nitrogen and oxygen atoms in total. The van der Waals surface area contributed by atoms with Gasteiger partial charge in [-0.05, 0) is 24.6 Å². The van der Waals surface area contributed by atoms with Crippen LogP contribution < -0.4 is 5.73 Å². The van der Waals surface area contributed by atoms with Crippen molar-refractivity contribution in [3.8, 4) is 0 Å². The van der Waals surface area contributed by atoms with Gasteiger partial charge in [-0.1, -0.05) is 27.7 Å². The van der Waals surface area contributed by atoms with Gasteiger partial charge in [-0.3, -0.25) is 0 Å². The lowest BCUT2D eigenvalue weighted by Gasteiger charge is -2.38. The highest BCUT2D eigenvalue weighted by molar-refractivity contribution is 6.74. The molecule has 0 spiro atoms. The van der Waals surface area contributed by atoms with Crippen molar-refractivity contribution in [1.82, 2.24) is 0 Å². The van der Waals surface area contributed by atoms with Gasteiger partial charge in [0.2, 0.25) is 0 Å². The van der Waals surface area contributed by atoms with Gasteiger partial charge in [0.25, 0.3) is 0 Å². The van der Waals surface area contributed by atoms with Crippen LogP contribution in [0, 0.1) is 0 Å². The second-order valence-corrected chi connectivity index (χ2v) is 9.90. The third-order valence-electron chi connectivity index (χ3n) is 2.99. The largest absolute Gasteiger partial charge is 0.413 e. The zero-order valence-electron chi connectivity index (χ0n) is 9.98. The van der Waals surface area contributed by atoms with Crippen molar-refractivity contribution in [2.24, 2.45) is 5.73 Å². The van der Waals surface area contributed by atoms with Gasteiger partial charge in [0, 0.05) is 6.54 Å². The predicted octanol–water partition coefficient (Wildman–Crippen LogP) is 2.75. The Morgan fingerprint density at radius 1 is 1.31 bits per heavy atom. The average Bonchev–Trinajstić information content (AvgIpc) is 1.98. The fourth-order valence-electron chi connectivity index (χ4n) is 0.892. The van der Waals surface area contributed by atoms with E-state index in [0.717, 1.165) is 6.42 Å². The van der Waals surface area contributed by atoms with Crippen molar-refractivity contribution in [1.29, 1.82) is 0 Å². The maximum atomic E-state index is 6.11. The summed E-state index contributed by atoms with van der Waals surface area (Å²) in [6.07, 6.45) is 1.27. The molecule has 0 bridgehead atoms. The fraction of sp³-hybridized carbons (Fsp3) is 1.00. The monoisotopic (exact) mass is 203 g/mol. The molecule has 0 saturated carbocycles. The van der Waals surface area contributed by atoms with Gasteiger partial charge in [0.1, 0.15) is 0 Å². The molecule has 0 aromatic carbocycles. The van der Waals surface area contributed by atoms with Crippen LogP contribution in [-0.2, 0) is 4.43 Å². The summed E-state index contributed by atoms with van der Waals surface area (Å²) in [5, 5.41) is 0.287. The Balaban J connectivity index is 4.31. The number of hydrogen-bond donors (Lipinski definition) is 1. The number of rotatable bonds is 4. The van der Waals surface area contributed by atoms with Gasteiger partial charge in [-0.15, -0.1) is 0 Å². The molecule has 0 aromatic rings. The van der Waals surface area contributed by atoms with Crippen LogP contribution in [0.5, 0.6) is 0 Å². The lowest BCUT2D eigenvalue weighted by Crippen LogP contribution is -2.45. The molecule has 0 radical (unpaired) electrons. The first-order valence-corrected chi connectivity index (χ1v) is 8.03. The molecule has 0 amide bonds. The van der Waals surface area contributed by atoms with Crippen molar-refractivity contribution in [2.45, 2.75) is 58.4 Å². The van der Waals surface area contributed by atoms with E-state index in [1.54, 1.807) is 0 Å². The Hall–Kier alpha value is 0.137. The van der Waals surface area contributed by atoms with Crippen LogP contribution >= 0.6 is 0 Å². The highest BCUT2D eigenvalue weighted by Crippen LogP contribution is 2.37. The summed E-state index contributed by atoms with van der Waals surface area (Å²) in [5.74, 6) is 0. The molecule has 0 aliphatic rings. The van der Waals surface area contributed by atoms with E-state index in [-0.39, 0.29) is 11.1 Å². The summed E-state index contributed by atoms with van der Waals surface area (Å²) in [7, 11) is -1.59. The lowest BCUT2D eigenvalue weighted by atomic mass is 10.2. The zero-order valence-corrected chi connectivity index (χ0v) is 11.0. The molecule has 0 heterocycles. The lowest BCUT2D eigenvalue weighted by molar-refractivity contribution is 0.184. The standard InChI is InChI=1S/C10H25NOSi/c1-7-9(8-11)12-13(5,6)10(2,3)4/h9H,7-8,11H2,1-6H3. The van der Waals surface area contributed by atoms with Crippen LogP contribution in [0.1, 0.15) is 34.1 Å². The van der Waals surface area contributed by atoms with Crippen LogP contribution in [0.4, 0.5) is 0 Å². The summed E-state index contributed by atoms with van der Waals surface area (Å²) in [6, 6.07) is 0. The maximum Gasteiger partial charge on any atom is 0.192 e. The fourth-order valence-corrected chi connectivity index (χ4v) is 2.34. The molecule has 0 aliphatic carbocycles. The van der Waals surface area contributed by atoms with Gasteiger partial charge in [-0.2, -0.15) is 0 Å². The highest BCUT2D eigenvalue weighted by atomic mass is 28.4. The second-order valence-electron chi connectivity index (χ2n) is 5.14. The van der Waals surface area contributed by atoms with Crippen molar-refractivity contribution in [2.75, 3.05) is 6.54 Å². The summed E-state index contributed by atoms with van der Waals surface area (Å²) in [4.78, 5) is 0. The van der Waals surface area contributed by atoms with Crippen molar-refractivity contribution in [3.05, 3.63) is 0 Å². The van der Waals surface area contributed by atoms with Crippen molar-refractivity contribution < 1.29 is 4.43 Å². The van der Waals surface area contributed by atoms with E-state index in [1.165, 1.54) is 0 Å². The van der Waals surface area contributed by atoms with Gasteiger partial charge in [0.15, 0.2) is 8.32 Å². The predicted molar refractivity (Wildman–Crippen MR) is 61.4 cm³/mol. The molecule has 0 aliphatic heterocycles. The van der Waals surface area contributed by atoms with Gasteiger partial charge < -0.3 is 10.2 Å². The molecular weight excluding hydrogens is 178 g/mol. The van der Waals surface area contributed by atoms with E-state index >= 15 is 0 Å². The Labute approximate surface area is 84.0 Å². The first kappa shape index (κ1) is 13.1. The molecule has 0 fully saturated rings. The quantitative estimate of drug-likeness (QED) is 0.713. The molecule has 0 saturated heterocycles. The van der Waals surface area contributed by atoms with Crippen LogP contribution in [0.3, 0.4) is 0 Å². The maximum absolute atomic E-state index is 6.11. The van der Waals surface area contributed by atoms with Crippen LogP contribution in [-0.4, -0.2) is 21.0 Å². The van der Waals surface area contributed by atoms with Crippen LogP contribution in [0.25, 0.3) is 0 Å². The number of nitrogens with two attached hydrogens (primary N) is 1. The molecule has 2 N–H and O–H groups in total. The highest BCUT2D eigenvalue weighted by Gasteiger charge is 2.38. The van der Waals surface area contributed by atoms with E-state index in [4.69, 9.17) is 10.2 Å². The minimum absolute atomic E-state index is 0.251. The Kier molecular flexibility index (Phi) is 4.62. The molecule has 0 aromatic heterocycles. The first-order chi connectivity index (χ1) is 5.74. The van der Waals surface area contributed by atoms with E-state index < -0.39 is 8.32 Å². The van der Waals surface area contributed by atoms with E-state index in [2.05, 4.69) is 40.8 Å². The Morgan fingerprint density at radius 2 is 1.77 bits per heavy atom. The normalized spacial score (nSPS) is 15.9. The molecule has 3 heteroatoms. The molecule has 0 rings (SSSR count). The Bertz CT molecular complexity index is 147. The first-order valence-electron chi connectivity index (χ1n) is 5.12. The van der Waals surface area contributed by atoms with E-state index in [9.17, 15) is 0 Å². The van der Waals surface area contributed by atoms with Gasteiger partial charge >= 0.3 is 0 Å². The summed E-state index contributed by atoms with van der Waals surface area (Å²) in [5.41, 5.74) is 5.63. The second kappa shape index (κ2) is 4.58. The van der Waals surface area contributed by atoms with Crippen LogP contribution in [0.15, 0.2) is 0 Å². The minimum atomic E-state index is -1.59. The molecule has 13 heavy (non-hydrogen) atoms. The van der Waals surface area contributed by atoms with Crippen molar-refractivity contribution in [3.63, 3.8) is 0 Å². The van der Waals surface area contributed by atoms with Crippen LogP contribution in [0.2, 0.25) is 18.1 Å². The SMILES string of the molecule is CCC(CN)O[Si](C)(C)C(C)(C)C. The van der Waals surface area contributed by atoms with Crippen molar-refractivity contribution >= 4 is 8.32 Å². The van der Waals surface area contributed by atoms with E-state index in [0.29, 0.717) is 6.54 Å². The third-order valence-corrected chi connectivity index (χ3v) is 7.52.